The molecule has 1 heterocycles. The summed E-state index contributed by atoms with van der Waals surface area (Å²) in [5, 5.41) is 6.85. The summed E-state index contributed by atoms with van der Waals surface area (Å²) in [5.41, 5.74) is 3.57. The zero-order valence-corrected chi connectivity index (χ0v) is 15.0. The molecule has 5 heteroatoms. The molecule has 2 N–H and O–H groups in total. The van der Waals surface area contributed by atoms with Gasteiger partial charge in [0, 0.05) is 18.1 Å². The van der Waals surface area contributed by atoms with Gasteiger partial charge in [0.05, 0.1) is 11.9 Å². The molecule has 3 rings (SSSR count). The van der Waals surface area contributed by atoms with Crippen molar-refractivity contribution in [2.45, 2.75) is 13.0 Å². The summed E-state index contributed by atoms with van der Waals surface area (Å²) in [7, 11) is 0. The summed E-state index contributed by atoms with van der Waals surface area (Å²) in [5.74, 6) is -0.198. The predicted molar refractivity (Wildman–Crippen MR) is 105 cm³/mol. The van der Waals surface area contributed by atoms with Crippen LogP contribution in [0.1, 0.15) is 21.6 Å². The molecule has 1 amide bonds. The van der Waals surface area contributed by atoms with Crippen molar-refractivity contribution in [2.24, 2.45) is 0 Å². The highest BCUT2D eigenvalue weighted by Crippen LogP contribution is 2.10. The Bertz CT molecular complexity index is 833. The molecule has 0 radical (unpaired) electrons. The van der Waals surface area contributed by atoms with Crippen molar-refractivity contribution < 1.29 is 4.79 Å². The maximum absolute atomic E-state index is 12.2. The molecule has 0 unspecified atom stereocenters. The number of benzene rings is 2. The molecule has 0 saturated carbocycles. The summed E-state index contributed by atoms with van der Waals surface area (Å²) in [6.45, 7) is 1.25. The van der Waals surface area contributed by atoms with Gasteiger partial charge in [-0.15, -0.1) is 0 Å². The Morgan fingerprint density at radius 1 is 0.923 bits per heavy atom. The number of nitrogens with one attached hydrogen (secondary N) is 2. The minimum atomic E-state index is -0.198. The van der Waals surface area contributed by atoms with Gasteiger partial charge < -0.3 is 10.6 Å². The number of hydrogen-bond donors (Lipinski definition) is 2. The van der Waals surface area contributed by atoms with Crippen LogP contribution >= 0.6 is 11.6 Å². The van der Waals surface area contributed by atoms with Gasteiger partial charge in [-0.3, -0.25) is 4.79 Å². The fourth-order valence-electron chi connectivity index (χ4n) is 2.50. The summed E-state index contributed by atoms with van der Waals surface area (Å²) in [6, 6.07) is 21.3. The quantitative estimate of drug-likeness (QED) is 0.655. The Labute approximate surface area is 158 Å². The molecule has 1 aromatic heterocycles. The Balaban J connectivity index is 1.47. The maximum Gasteiger partial charge on any atom is 0.270 e. The van der Waals surface area contributed by atoms with Crippen LogP contribution in [0.25, 0.3) is 0 Å². The van der Waals surface area contributed by atoms with Gasteiger partial charge in [0.25, 0.3) is 5.91 Å². The number of hydrogen-bond acceptors (Lipinski definition) is 3. The molecule has 4 nitrogen and oxygen atoms in total. The Hall–Kier alpha value is -2.85. The predicted octanol–water partition coefficient (Wildman–Crippen LogP) is 4.32. The van der Waals surface area contributed by atoms with Gasteiger partial charge >= 0.3 is 0 Å². The molecule has 0 fully saturated rings. The second-order valence-corrected chi connectivity index (χ2v) is 6.34. The van der Waals surface area contributed by atoms with Crippen LogP contribution in [0.3, 0.4) is 0 Å². The first-order valence-electron chi connectivity index (χ1n) is 8.47. The van der Waals surface area contributed by atoms with Crippen molar-refractivity contribution in [2.75, 3.05) is 11.9 Å². The lowest BCUT2D eigenvalue weighted by Gasteiger charge is -2.08. The van der Waals surface area contributed by atoms with Gasteiger partial charge in [-0.1, -0.05) is 54.1 Å². The summed E-state index contributed by atoms with van der Waals surface area (Å²) in [4.78, 5) is 16.4. The smallest absolute Gasteiger partial charge is 0.270 e. The van der Waals surface area contributed by atoms with E-state index in [1.165, 1.54) is 5.56 Å². The first-order valence-corrected chi connectivity index (χ1v) is 8.85. The first-order chi connectivity index (χ1) is 12.7. The van der Waals surface area contributed by atoms with E-state index in [4.69, 9.17) is 11.6 Å². The van der Waals surface area contributed by atoms with Crippen molar-refractivity contribution >= 4 is 23.2 Å². The molecule has 0 aliphatic rings. The number of nitrogens with zero attached hydrogens (tertiary/aromatic N) is 1. The van der Waals surface area contributed by atoms with E-state index < -0.39 is 0 Å². The van der Waals surface area contributed by atoms with E-state index in [1.54, 1.807) is 24.4 Å². The number of carbonyl (C=O) groups is 1. The Morgan fingerprint density at radius 3 is 2.38 bits per heavy atom. The summed E-state index contributed by atoms with van der Waals surface area (Å²) in [6.07, 6.45) is 2.62. The van der Waals surface area contributed by atoms with Gasteiger partial charge in [-0.05, 0) is 41.8 Å². The molecule has 0 spiro atoms. The number of carbonyl (C=O) groups excluding carboxylic acids is 1. The lowest BCUT2D eigenvalue weighted by molar-refractivity contribution is 0.0946. The highest BCUT2D eigenvalue weighted by Gasteiger charge is 2.07. The Kier molecular flexibility index (Phi) is 6.23. The third-order valence-electron chi connectivity index (χ3n) is 3.95. The number of halogens is 1. The van der Waals surface area contributed by atoms with Crippen LogP contribution in [0.5, 0.6) is 0 Å². The van der Waals surface area contributed by atoms with E-state index in [2.05, 4.69) is 27.8 Å². The van der Waals surface area contributed by atoms with Crippen molar-refractivity contribution in [1.82, 2.24) is 10.3 Å². The zero-order chi connectivity index (χ0) is 18.2. The third kappa shape index (κ3) is 5.33. The van der Waals surface area contributed by atoms with E-state index in [1.807, 2.05) is 36.4 Å². The monoisotopic (exact) mass is 365 g/mol. The van der Waals surface area contributed by atoms with Crippen LogP contribution < -0.4 is 10.6 Å². The summed E-state index contributed by atoms with van der Waals surface area (Å²) >= 11 is 5.85. The molecular formula is C21H20ClN3O. The fraction of sp³-hybridized carbons (Fsp3) is 0.143. The largest absolute Gasteiger partial charge is 0.383 e. The van der Waals surface area contributed by atoms with Gasteiger partial charge in [0.15, 0.2) is 0 Å². The molecule has 132 valence electrons. The van der Waals surface area contributed by atoms with Gasteiger partial charge in [-0.25, -0.2) is 4.98 Å². The lowest BCUT2D eigenvalue weighted by atomic mass is 10.1. The molecule has 0 atom stereocenters. The number of rotatable bonds is 7. The molecule has 0 aliphatic heterocycles. The zero-order valence-electron chi connectivity index (χ0n) is 14.3. The molecule has 0 aliphatic carbocycles. The van der Waals surface area contributed by atoms with E-state index in [0.29, 0.717) is 17.3 Å². The van der Waals surface area contributed by atoms with Crippen LogP contribution in [0, 0.1) is 0 Å². The first kappa shape index (κ1) is 18.0. The highest BCUT2D eigenvalue weighted by molar-refractivity contribution is 6.30. The topological polar surface area (TPSA) is 54.0 Å². The van der Waals surface area contributed by atoms with Crippen LogP contribution in [0.15, 0.2) is 72.9 Å². The van der Waals surface area contributed by atoms with Crippen LogP contribution in [0.4, 0.5) is 5.69 Å². The molecule has 26 heavy (non-hydrogen) atoms. The van der Waals surface area contributed by atoms with Crippen LogP contribution in [-0.2, 0) is 13.0 Å². The summed E-state index contributed by atoms with van der Waals surface area (Å²) < 4.78 is 0. The second-order valence-electron chi connectivity index (χ2n) is 5.90. The molecule has 3 aromatic rings. The fourth-order valence-corrected chi connectivity index (χ4v) is 2.63. The van der Waals surface area contributed by atoms with Gasteiger partial charge in [0.2, 0.25) is 0 Å². The Morgan fingerprint density at radius 2 is 1.69 bits per heavy atom. The average molecular weight is 366 g/mol. The molecular weight excluding hydrogens is 346 g/mol. The van der Waals surface area contributed by atoms with Crippen molar-refractivity contribution in [3.05, 3.63) is 94.8 Å². The molecule has 0 bridgehead atoms. The molecule has 0 saturated heterocycles. The standard InChI is InChI=1S/C21H20ClN3O/c22-18-8-6-17(7-9-18)14-25-21(26)20-11-10-19(15-24-20)23-13-12-16-4-2-1-3-5-16/h1-11,15,23H,12-14H2,(H,25,26). The number of amides is 1. The van der Waals surface area contributed by atoms with E-state index >= 15 is 0 Å². The van der Waals surface area contributed by atoms with E-state index in [9.17, 15) is 4.79 Å². The molecule has 2 aromatic carbocycles. The third-order valence-corrected chi connectivity index (χ3v) is 4.20. The van der Waals surface area contributed by atoms with E-state index in [-0.39, 0.29) is 5.91 Å². The SMILES string of the molecule is O=C(NCc1ccc(Cl)cc1)c1ccc(NCCc2ccccc2)cn1. The van der Waals surface area contributed by atoms with Crippen molar-refractivity contribution in [3.8, 4) is 0 Å². The second kappa shape index (κ2) is 9.02. The van der Waals surface area contributed by atoms with Gasteiger partial charge in [-0.2, -0.15) is 0 Å². The normalized spacial score (nSPS) is 10.3. The number of anilines is 1. The van der Waals surface area contributed by atoms with E-state index in [0.717, 1.165) is 24.2 Å². The van der Waals surface area contributed by atoms with Crippen molar-refractivity contribution in [1.29, 1.82) is 0 Å². The van der Waals surface area contributed by atoms with Crippen LogP contribution in [-0.4, -0.2) is 17.4 Å². The minimum absolute atomic E-state index is 0.198. The maximum atomic E-state index is 12.2. The minimum Gasteiger partial charge on any atom is -0.383 e. The highest BCUT2D eigenvalue weighted by atomic mass is 35.5. The number of aromatic nitrogens is 1. The lowest BCUT2D eigenvalue weighted by Crippen LogP contribution is -2.23. The van der Waals surface area contributed by atoms with Crippen molar-refractivity contribution in [3.63, 3.8) is 0 Å². The average Bonchev–Trinajstić information content (AvgIpc) is 2.69. The number of pyridine rings is 1. The van der Waals surface area contributed by atoms with Crippen LogP contribution in [0.2, 0.25) is 5.02 Å². The van der Waals surface area contributed by atoms with Gasteiger partial charge in [0.1, 0.15) is 5.69 Å².